The van der Waals surface area contributed by atoms with Gasteiger partial charge in [-0.3, -0.25) is 4.90 Å². The van der Waals surface area contributed by atoms with Crippen LogP contribution in [-0.4, -0.2) is 41.5 Å². The van der Waals surface area contributed by atoms with Crippen molar-refractivity contribution in [1.82, 2.24) is 4.90 Å². The van der Waals surface area contributed by atoms with Crippen LogP contribution in [0, 0.1) is 0 Å². The summed E-state index contributed by atoms with van der Waals surface area (Å²) >= 11 is 0. The predicted molar refractivity (Wildman–Crippen MR) is 31.4 cm³/mol. The highest BCUT2D eigenvalue weighted by atomic mass is 16.3. The van der Waals surface area contributed by atoms with Crippen LogP contribution >= 0.6 is 0 Å². The van der Waals surface area contributed by atoms with Crippen molar-refractivity contribution >= 4 is 0 Å². The molecule has 3 nitrogen and oxygen atoms in total. The summed E-state index contributed by atoms with van der Waals surface area (Å²) in [6.07, 6.45) is -1.42. The van der Waals surface area contributed by atoms with Crippen molar-refractivity contribution < 1.29 is 10.2 Å². The minimum Gasteiger partial charge on any atom is -0.389 e. The maximum atomic E-state index is 8.88. The predicted octanol–water partition coefficient (Wildman–Crippen LogP) is -0.753. The minimum absolute atomic E-state index is 0.676. The molecule has 0 heterocycles. The Morgan fingerprint density at radius 2 is 1.62 bits per heavy atom. The van der Waals surface area contributed by atoms with Gasteiger partial charge in [-0.15, -0.1) is 0 Å². The fourth-order valence-electron chi connectivity index (χ4n) is 0.431. The third-order valence-corrected chi connectivity index (χ3v) is 0.961. The highest BCUT2D eigenvalue weighted by Crippen LogP contribution is 1.92. The monoisotopic (exact) mass is 119 g/mol. The SMILES string of the molecule is CC(O)C(O)N(C)C. The average molecular weight is 119 g/mol. The molecule has 8 heavy (non-hydrogen) atoms. The van der Waals surface area contributed by atoms with E-state index in [4.69, 9.17) is 10.2 Å². The molecule has 50 valence electrons. The summed E-state index contributed by atoms with van der Waals surface area (Å²) < 4.78 is 0. The Kier molecular flexibility index (Phi) is 2.97. The van der Waals surface area contributed by atoms with Gasteiger partial charge in [0, 0.05) is 0 Å². The summed E-state index contributed by atoms with van der Waals surface area (Å²) in [6, 6.07) is 0. The maximum Gasteiger partial charge on any atom is 0.132 e. The molecule has 0 spiro atoms. The fourth-order valence-corrected chi connectivity index (χ4v) is 0.431. The first-order chi connectivity index (χ1) is 3.55. The third-order valence-electron chi connectivity index (χ3n) is 0.961. The molecule has 2 atom stereocenters. The zero-order chi connectivity index (χ0) is 6.73. The van der Waals surface area contributed by atoms with Gasteiger partial charge < -0.3 is 10.2 Å². The Balaban J connectivity index is 3.46. The van der Waals surface area contributed by atoms with Crippen LogP contribution in [0.2, 0.25) is 0 Å². The zero-order valence-corrected chi connectivity index (χ0v) is 5.50. The van der Waals surface area contributed by atoms with E-state index in [0.29, 0.717) is 0 Å². The van der Waals surface area contributed by atoms with E-state index in [-0.39, 0.29) is 0 Å². The van der Waals surface area contributed by atoms with E-state index in [0.717, 1.165) is 0 Å². The average Bonchev–Trinajstić information content (AvgIpc) is 1.64. The Labute approximate surface area is 49.5 Å². The highest BCUT2D eigenvalue weighted by Gasteiger charge is 2.11. The summed E-state index contributed by atoms with van der Waals surface area (Å²) in [7, 11) is 3.41. The number of aliphatic hydroxyl groups excluding tert-OH is 2. The van der Waals surface area contributed by atoms with Crippen LogP contribution in [0.1, 0.15) is 6.92 Å². The van der Waals surface area contributed by atoms with Crippen LogP contribution in [-0.2, 0) is 0 Å². The highest BCUT2D eigenvalue weighted by molar-refractivity contribution is 4.56. The van der Waals surface area contributed by atoms with Gasteiger partial charge in [0.15, 0.2) is 0 Å². The molecule has 0 rings (SSSR count). The molecular formula is C5H13NO2. The van der Waals surface area contributed by atoms with Crippen LogP contribution in [0.15, 0.2) is 0 Å². The smallest absolute Gasteiger partial charge is 0.132 e. The lowest BCUT2D eigenvalue weighted by molar-refractivity contribution is -0.0529. The van der Waals surface area contributed by atoms with Crippen molar-refractivity contribution in [2.24, 2.45) is 0 Å². The first kappa shape index (κ1) is 7.88. The second-order valence-electron chi connectivity index (χ2n) is 2.12. The Hall–Kier alpha value is -0.120. The molecule has 0 aliphatic carbocycles. The molecule has 0 aromatic carbocycles. The standard InChI is InChI=1S/C5H13NO2/c1-4(7)5(8)6(2)3/h4-5,7-8H,1-3H3. The van der Waals surface area contributed by atoms with E-state index in [1.165, 1.54) is 0 Å². The summed E-state index contributed by atoms with van der Waals surface area (Å²) in [5, 5.41) is 17.6. The second kappa shape index (κ2) is 3.02. The van der Waals surface area contributed by atoms with E-state index in [1.807, 2.05) is 0 Å². The lowest BCUT2D eigenvalue weighted by Gasteiger charge is -2.20. The van der Waals surface area contributed by atoms with Gasteiger partial charge >= 0.3 is 0 Å². The number of nitrogens with zero attached hydrogens (tertiary/aromatic N) is 1. The van der Waals surface area contributed by atoms with Gasteiger partial charge in [-0.1, -0.05) is 0 Å². The first-order valence-electron chi connectivity index (χ1n) is 2.58. The Morgan fingerprint density at radius 1 is 1.25 bits per heavy atom. The third kappa shape index (κ3) is 2.26. The molecule has 0 aromatic rings. The zero-order valence-electron chi connectivity index (χ0n) is 5.50. The number of aliphatic hydroxyl groups is 2. The molecule has 0 amide bonds. The molecule has 0 saturated heterocycles. The number of hydrogen-bond acceptors (Lipinski definition) is 3. The molecular weight excluding hydrogens is 106 g/mol. The molecule has 0 radical (unpaired) electrons. The van der Waals surface area contributed by atoms with Crippen LogP contribution in [0.5, 0.6) is 0 Å². The molecule has 3 heteroatoms. The van der Waals surface area contributed by atoms with Crippen molar-refractivity contribution in [3.63, 3.8) is 0 Å². The normalized spacial score (nSPS) is 18.8. The van der Waals surface area contributed by atoms with Gasteiger partial charge in [0.1, 0.15) is 6.23 Å². The fraction of sp³-hybridized carbons (Fsp3) is 1.00. The number of hydrogen-bond donors (Lipinski definition) is 2. The van der Waals surface area contributed by atoms with Gasteiger partial charge in [-0.2, -0.15) is 0 Å². The molecule has 0 fully saturated rings. The van der Waals surface area contributed by atoms with Crippen molar-refractivity contribution in [1.29, 1.82) is 0 Å². The topological polar surface area (TPSA) is 43.7 Å². The van der Waals surface area contributed by atoms with Crippen molar-refractivity contribution in [3.8, 4) is 0 Å². The van der Waals surface area contributed by atoms with Gasteiger partial charge in [0.05, 0.1) is 6.10 Å². The van der Waals surface area contributed by atoms with E-state index in [9.17, 15) is 0 Å². The van der Waals surface area contributed by atoms with Crippen LogP contribution < -0.4 is 0 Å². The van der Waals surface area contributed by atoms with E-state index in [1.54, 1.807) is 25.9 Å². The summed E-state index contributed by atoms with van der Waals surface area (Å²) in [5.74, 6) is 0. The van der Waals surface area contributed by atoms with Crippen molar-refractivity contribution in [2.45, 2.75) is 19.3 Å². The largest absolute Gasteiger partial charge is 0.389 e. The van der Waals surface area contributed by atoms with E-state index >= 15 is 0 Å². The minimum atomic E-state index is -0.741. The maximum absolute atomic E-state index is 8.88. The molecule has 0 saturated carbocycles. The quantitative estimate of drug-likeness (QED) is 0.470. The molecule has 2 N–H and O–H groups in total. The lowest BCUT2D eigenvalue weighted by Crippen LogP contribution is -2.36. The molecule has 0 aromatic heterocycles. The van der Waals surface area contributed by atoms with E-state index < -0.39 is 12.3 Å². The Bertz CT molecular complexity index is 55.4. The lowest BCUT2D eigenvalue weighted by atomic mass is 10.3. The summed E-state index contributed by atoms with van der Waals surface area (Å²) in [6.45, 7) is 1.55. The van der Waals surface area contributed by atoms with Crippen LogP contribution in [0.25, 0.3) is 0 Å². The number of likely N-dealkylation sites (N-methyl/N-ethyl adjacent to an activating group) is 1. The molecule has 0 aliphatic rings. The van der Waals surface area contributed by atoms with Crippen molar-refractivity contribution in [3.05, 3.63) is 0 Å². The second-order valence-corrected chi connectivity index (χ2v) is 2.12. The van der Waals surface area contributed by atoms with Gasteiger partial charge in [0.25, 0.3) is 0 Å². The Morgan fingerprint density at radius 3 is 1.62 bits per heavy atom. The molecule has 2 unspecified atom stereocenters. The first-order valence-corrected chi connectivity index (χ1v) is 2.58. The van der Waals surface area contributed by atoms with Gasteiger partial charge in [-0.25, -0.2) is 0 Å². The number of rotatable bonds is 2. The van der Waals surface area contributed by atoms with E-state index in [2.05, 4.69) is 0 Å². The summed E-state index contributed by atoms with van der Waals surface area (Å²) in [5.41, 5.74) is 0. The van der Waals surface area contributed by atoms with Crippen molar-refractivity contribution in [2.75, 3.05) is 14.1 Å². The summed E-state index contributed by atoms with van der Waals surface area (Å²) in [4.78, 5) is 1.55. The van der Waals surface area contributed by atoms with Gasteiger partial charge in [-0.05, 0) is 21.0 Å². The molecule has 0 bridgehead atoms. The van der Waals surface area contributed by atoms with Crippen LogP contribution in [0.4, 0.5) is 0 Å². The van der Waals surface area contributed by atoms with Gasteiger partial charge in [0.2, 0.25) is 0 Å². The van der Waals surface area contributed by atoms with Crippen LogP contribution in [0.3, 0.4) is 0 Å². The molecule has 0 aliphatic heterocycles.